The van der Waals surface area contributed by atoms with Gasteiger partial charge in [0.25, 0.3) is 0 Å². The predicted octanol–water partition coefficient (Wildman–Crippen LogP) is 3.08. The minimum atomic E-state index is -0.561. The Morgan fingerprint density at radius 3 is 2.05 bits per heavy atom. The summed E-state index contributed by atoms with van der Waals surface area (Å²) in [6.45, 7) is 4.49. The highest BCUT2D eigenvalue weighted by Crippen LogP contribution is 2.33. The molecule has 19 heavy (non-hydrogen) atoms. The molecule has 2 unspecified atom stereocenters. The Labute approximate surface area is 114 Å². The van der Waals surface area contributed by atoms with Crippen LogP contribution >= 0.6 is 0 Å². The van der Waals surface area contributed by atoms with Crippen molar-refractivity contribution in [2.24, 2.45) is 5.73 Å². The van der Waals surface area contributed by atoms with Crippen LogP contribution in [-0.4, -0.2) is 11.7 Å². The van der Waals surface area contributed by atoms with Crippen molar-refractivity contribution in [3.8, 4) is 0 Å². The summed E-state index contributed by atoms with van der Waals surface area (Å²) < 4.78 is 0. The number of benzene rings is 2. The van der Waals surface area contributed by atoms with E-state index in [0.29, 0.717) is 6.54 Å². The number of rotatable bonds is 4. The van der Waals surface area contributed by atoms with Gasteiger partial charge >= 0.3 is 0 Å². The van der Waals surface area contributed by atoms with E-state index in [2.05, 4.69) is 0 Å². The second-order valence-electron chi connectivity index (χ2n) is 5.00. The number of aliphatic hydroxyl groups excluding tert-OH is 1. The van der Waals surface area contributed by atoms with Gasteiger partial charge in [-0.1, -0.05) is 48.5 Å². The van der Waals surface area contributed by atoms with Crippen LogP contribution in [-0.2, 0) is 0 Å². The van der Waals surface area contributed by atoms with Gasteiger partial charge in [0.05, 0.1) is 6.10 Å². The summed E-state index contributed by atoms with van der Waals surface area (Å²) >= 11 is 0. The van der Waals surface area contributed by atoms with Crippen molar-refractivity contribution in [3.05, 3.63) is 70.8 Å². The highest BCUT2D eigenvalue weighted by molar-refractivity contribution is 5.38. The lowest BCUT2D eigenvalue weighted by Gasteiger charge is -2.25. The Morgan fingerprint density at radius 1 is 0.947 bits per heavy atom. The molecule has 3 N–H and O–H groups in total. The summed E-state index contributed by atoms with van der Waals surface area (Å²) in [7, 11) is 0. The van der Waals surface area contributed by atoms with Crippen molar-refractivity contribution >= 4 is 0 Å². The molecule has 0 aliphatic rings. The van der Waals surface area contributed by atoms with Crippen molar-refractivity contribution in [2.75, 3.05) is 6.54 Å². The third-order valence-electron chi connectivity index (χ3n) is 3.70. The molecule has 2 nitrogen and oxygen atoms in total. The third kappa shape index (κ3) is 2.86. The summed E-state index contributed by atoms with van der Waals surface area (Å²) in [5.74, 6) is -0.0685. The molecule has 0 saturated carbocycles. The van der Waals surface area contributed by atoms with Crippen LogP contribution in [0.3, 0.4) is 0 Å². The second kappa shape index (κ2) is 6.00. The molecule has 2 atom stereocenters. The Morgan fingerprint density at radius 2 is 1.53 bits per heavy atom. The Kier molecular flexibility index (Phi) is 4.35. The molecule has 0 aromatic heterocycles. The van der Waals surface area contributed by atoms with Crippen LogP contribution in [0, 0.1) is 13.8 Å². The Hall–Kier alpha value is -1.64. The molecular weight excluding hydrogens is 234 g/mol. The van der Waals surface area contributed by atoms with Crippen molar-refractivity contribution in [3.63, 3.8) is 0 Å². The zero-order chi connectivity index (χ0) is 13.8. The van der Waals surface area contributed by atoms with E-state index in [-0.39, 0.29) is 5.92 Å². The first-order valence-corrected chi connectivity index (χ1v) is 6.64. The van der Waals surface area contributed by atoms with Crippen molar-refractivity contribution < 1.29 is 5.11 Å². The number of hydrogen-bond acceptors (Lipinski definition) is 2. The highest BCUT2D eigenvalue weighted by Gasteiger charge is 2.23. The SMILES string of the molecule is Cc1cccc(C)c1C(O)C(CN)c1ccccc1. The molecule has 0 radical (unpaired) electrons. The summed E-state index contributed by atoms with van der Waals surface area (Å²) in [4.78, 5) is 0. The molecule has 0 aliphatic heterocycles. The average molecular weight is 255 g/mol. The Bertz CT molecular complexity index is 516. The monoisotopic (exact) mass is 255 g/mol. The fraction of sp³-hybridized carbons (Fsp3) is 0.294. The quantitative estimate of drug-likeness (QED) is 0.882. The molecule has 2 heteroatoms. The minimum absolute atomic E-state index is 0.0685. The standard InChI is InChI=1S/C17H21NO/c1-12-7-6-8-13(2)16(12)17(19)15(11-18)14-9-4-3-5-10-14/h3-10,15,17,19H,11,18H2,1-2H3. The first-order valence-electron chi connectivity index (χ1n) is 6.64. The van der Waals surface area contributed by atoms with Gasteiger partial charge in [0.1, 0.15) is 0 Å². The van der Waals surface area contributed by atoms with Crippen molar-refractivity contribution in [1.82, 2.24) is 0 Å². The van der Waals surface area contributed by atoms with Crippen LogP contribution in [0.5, 0.6) is 0 Å². The summed E-state index contributed by atoms with van der Waals surface area (Å²) in [6, 6.07) is 16.1. The molecule has 0 amide bonds. The maximum Gasteiger partial charge on any atom is 0.0875 e. The van der Waals surface area contributed by atoms with E-state index >= 15 is 0 Å². The number of aryl methyl sites for hydroxylation is 2. The van der Waals surface area contributed by atoms with Crippen molar-refractivity contribution in [2.45, 2.75) is 25.9 Å². The van der Waals surface area contributed by atoms with E-state index in [1.54, 1.807) is 0 Å². The van der Waals surface area contributed by atoms with E-state index in [0.717, 1.165) is 22.3 Å². The lowest BCUT2D eigenvalue weighted by molar-refractivity contribution is 0.146. The topological polar surface area (TPSA) is 46.2 Å². The first kappa shape index (κ1) is 13.8. The highest BCUT2D eigenvalue weighted by atomic mass is 16.3. The van der Waals surface area contributed by atoms with Crippen LogP contribution in [0.2, 0.25) is 0 Å². The summed E-state index contributed by atoms with van der Waals surface area (Å²) in [5.41, 5.74) is 10.2. The van der Waals surface area contributed by atoms with Crippen molar-refractivity contribution in [1.29, 1.82) is 0 Å². The largest absolute Gasteiger partial charge is 0.388 e. The molecule has 0 aliphatic carbocycles. The van der Waals surface area contributed by atoms with Gasteiger partial charge in [-0.15, -0.1) is 0 Å². The van der Waals surface area contributed by atoms with E-state index in [4.69, 9.17) is 5.73 Å². The molecule has 100 valence electrons. The number of hydrogen-bond donors (Lipinski definition) is 2. The third-order valence-corrected chi connectivity index (χ3v) is 3.70. The molecule has 0 spiro atoms. The van der Waals surface area contributed by atoms with Crippen LogP contribution in [0.25, 0.3) is 0 Å². The smallest absolute Gasteiger partial charge is 0.0875 e. The fourth-order valence-electron chi connectivity index (χ4n) is 2.64. The summed E-state index contributed by atoms with van der Waals surface area (Å²) in [6.07, 6.45) is -0.561. The van der Waals surface area contributed by atoms with E-state index in [9.17, 15) is 5.11 Å². The minimum Gasteiger partial charge on any atom is -0.388 e. The second-order valence-corrected chi connectivity index (χ2v) is 5.00. The van der Waals surface area contributed by atoms with Crippen LogP contribution < -0.4 is 5.73 Å². The lowest BCUT2D eigenvalue weighted by Crippen LogP contribution is -2.21. The summed E-state index contributed by atoms with van der Waals surface area (Å²) in [5, 5.41) is 10.7. The lowest BCUT2D eigenvalue weighted by atomic mass is 9.85. The zero-order valence-corrected chi connectivity index (χ0v) is 11.5. The van der Waals surface area contributed by atoms with Gasteiger partial charge in [-0.05, 0) is 36.1 Å². The first-order chi connectivity index (χ1) is 9.15. The number of nitrogens with two attached hydrogens (primary N) is 1. The van der Waals surface area contributed by atoms with Gasteiger partial charge in [0.15, 0.2) is 0 Å². The molecule has 0 fully saturated rings. The van der Waals surface area contributed by atoms with Gasteiger partial charge in [-0.25, -0.2) is 0 Å². The van der Waals surface area contributed by atoms with Gasteiger partial charge in [-0.2, -0.15) is 0 Å². The van der Waals surface area contributed by atoms with Gasteiger partial charge in [0, 0.05) is 12.5 Å². The molecular formula is C17H21NO. The Balaban J connectivity index is 2.39. The van der Waals surface area contributed by atoms with Crippen LogP contribution in [0.1, 0.15) is 34.3 Å². The number of aliphatic hydroxyl groups is 1. The van der Waals surface area contributed by atoms with Crippen LogP contribution in [0.4, 0.5) is 0 Å². The molecule has 2 aromatic carbocycles. The van der Waals surface area contributed by atoms with Gasteiger partial charge in [-0.3, -0.25) is 0 Å². The predicted molar refractivity (Wildman–Crippen MR) is 79.1 cm³/mol. The molecule has 0 heterocycles. The molecule has 2 rings (SSSR count). The van der Waals surface area contributed by atoms with E-state index < -0.39 is 6.10 Å². The van der Waals surface area contributed by atoms with E-state index in [1.807, 2.05) is 62.4 Å². The normalized spacial score (nSPS) is 14.1. The zero-order valence-electron chi connectivity index (χ0n) is 11.5. The maximum atomic E-state index is 10.7. The average Bonchev–Trinajstić information content (AvgIpc) is 2.40. The maximum absolute atomic E-state index is 10.7. The fourth-order valence-corrected chi connectivity index (χ4v) is 2.64. The van der Waals surface area contributed by atoms with E-state index in [1.165, 1.54) is 0 Å². The molecule has 2 aromatic rings. The molecule has 0 saturated heterocycles. The van der Waals surface area contributed by atoms with Crippen LogP contribution in [0.15, 0.2) is 48.5 Å². The molecule has 0 bridgehead atoms. The van der Waals surface area contributed by atoms with Gasteiger partial charge < -0.3 is 10.8 Å². The van der Waals surface area contributed by atoms with Gasteiger partial charge in [0.2, 0.25) is 0 Å².